The molecule has 3 aromatic rings. The number of nitro groups is 1. The third-order valence-corrected chi connectivity index (χ3v) is 6.20. The lowest BCUT2D eigenvalue weighted by molar-refractivity contribution is -0.384. The highest BCUT2D eigenvalue weighted by molar-refractivity contribution is 7.89. The average Bonchev–Trinajstić information content (AvgIpc) is 3.07. The van der Waals surface area contributed by atoms with Crippen LogP contribution in [0.25, 0.3) is 10.2 Å². The summed E-state index contributed by atoms with van der Waals surface area (Å²) >= 11 is 1.02. The van der Waals surface area contributed by atoms with E-state index in [1.54, 1.807) is 4.57 Å². The zero-order valence-corrected chi connectivity index (χ0v) is 17.7. The lowest BCUT2D eigenvalue weighted by Crippen LogP contribution is -2.19. The fraction of sp³-hybridized carbons (Fsp3) is 0.167. The van der Waals surface area contributed by atoms with E-state index in [2.05, 4.69) is 9.73 Å². The summed E-state index contributed by atoms with van der Waals surface area (Å²) in [6.07, 6.45) is -0.0164. The van der Waals surface area contributed by atoms with Crippen LogP contribution in [0.5, 0.6) is 0 Å². The summed E-state index contributed by atoms with van der Waals surface area (Å²) in [5, 5.41) is 16.1. The smallest absolute Gasteiger partial charge is 0.307 e. The van der Waals surface area contributed by atoms with E-state index in [-0.39, 0.29) is 33.9 Å². The van der Waals surface area contributed by atoms with Gasteiger partial charge in [0.1, 0.15) is 0 Å². The fourth-order valence-corrected chi connectivity index (χ4v) is 4.45. The van der Waals surface area contributed by atoms with Gasteiger partial charge in [0.05, 0.1) is 33.6 Å². The molecular formula is C18H16N4O7S2. The van der Waals surface area contributed by atoms with Gasteiger partial charge < -0.3 is 9.30 Å². The molecule has 1 amide bonds. The van der Waals surface area contributed by atoms with Crippen molar-refractivity contribution in [2.75, 3.05) is 7.11 Å². The van der Waals surface area contributed by atoms with Crippen molar-refractivity contribution in [1.82, 2.24) is 4.57 Å². The molecule has 0 bridgehead atoms. The van der Waals surface area contributed by atoms with Crippen LogP contribution in [0, 0.1) is 10.1 Å². The first-order chi connectivity index (χ1) is 14.6. The molecular weight excluding hydrogens is 448 g/mol. The van der Waals surface area contributed by atoms with Crippen LogP contribution in [0.1, 0.15) is 16.8 Å². The maximum atomic E-state index is 12.6. The molecule has 0 aliphatic rings. The number of carbonyl (C=O) groups is 2. The van der Waals surface area contributed by atoms with Crippen LogP contribution in [-0.2, 0) is 26.1 Å². The molecule has 13 heteroatoms. The van der Waals surface area contributed by atoms with Gasteiger partial charge in [-0.3, -0.25) is 19.7 Å². The van der Waals surface area contributed by atoms with E-state index in [1.165, 1.54) is 43.5 Å². The number of fused-ring (bicyclic) bond motifs is 1. The number of amides is 1. The topological polar surface area (TPSA) is 164 Å². The average molecular weight is 464 g/mol. The number of esters is 1. The molecule has 1 heterocycles. The Morgan fingerprint density at radius 1 is 1.26 bits per heavy atom. The van der Waals surface area contributed by atoms with Gasteiger partial charge in [-0.2, -0.15) is 4.99 Å². The molecule has 0 spiro atoms. The third kappa shape index (κ3) is 5.02. The Kier molecular flexibility index (Phi) is 6.29. The number of nitro benzene ring substituents is 1. The van der Waals surface area contributed by atoms with Gasteiger partial charge in [0.25, 0.3) is 11.6 Å². The number of ether oxygens (including phenoxy) is 1. The molecule has 0 saturated carbocycles. The second-order valence-corrected chi connectivity index (χ2v) is 8.83. The number of hydrogen-bond donors (Lipinski definition) is 1. The van der Waals surface area contributed by atoms with Crippen molar-refractivity contribution in [3.8, 4) is 0 Å². The van der Waals surface area contributed by atoms with Gasteiger partial charge in [-0.15, -0.1) is 0 Å². The lowest BCUT2D eigenvalue weighted by atomic mass is 10.2. The number of aryl methyl sites for hydroxylation is 1. The van der Waals surface area contributed by atoms with E-state index < -0.39 is 26.8 Å². The number of non-ortho nitro benzene ring substituents is 1. The molecule has 11 nitrogen and oxygen atoms in total. The van der Waals surface area contributed by atoms with Crippen molar-refractivity contribution in [3.63, 3.8) is 0 Å². The van der Waals surface area contributed by atoms with Gasteiger partial charge in [-0.05, 0) is 24.3 Å². The number of nitrogens with zero attached hydrogens (tertiary/aromatic N) is 3. The number of thiazole rings is 1. The lowest BCUT2D eigenvalue weighted by Gasteiger charge is -2.05. The molecule has 0 aliphatic heterocycles. The van der Waals surface area contributed by atoms with Crippen molar-refractivity contribution in [2.45, 2.75) is 17.9 Å². The van der Waals surface area contributed by atoms with Crippen LogP contribution in [-0.4, -0.2) is 36.9 Å². The number of hydrogen-bond acceptors (Lipinski definition) is 8. The molecule has 2 aromatic carbocycles. The second-order valence-electron chi connectivity index (χ2n) is 6.26. The highest BCUT2D eigenvalue weighted by Crippen LogP contribution is 2.22. The molecule has 0 unspecified atom stereocenters. The Labute approximate surface area is 179 Å². The molecule has 0 atom stereocenters. The minimum atomic E-state index is -3.94. The number of nitrogens with two attached hydrogens (primary N) is 1. The summed E-state index contributed by atoms with van der Waals surface area (Å²) in [5.74, 6) is -1.21. The van der Waals surface area contributed by atoms with Gasteiger partial charge in [-0.1, -0.05) is 17.4 Å². The van der Waals surface area contributed by atoms with Gasteiger partial charge in [0.2, 0.25) is 10.0 Å². The highest BCUT2D eigenvalue weighted by Gasteiger charge is 2.16. The summed E-state index contributed by atoms with van der Waals surface area (Å²) in [7, 11) is -2.70. The summed E-state index contributed by atoms with van der Waals surface area (Å²) in [5.41, 5.74) is 0.289. The van der Waals surface area contributed by atoms with Crippen molar-refractivity contribution >= 4 is 49.1 Å². The number of methoxy groups -OCH3 is 1. The minimum absolute atomic E-state index is 0.0106. The fourth-order valence-electron chi connectivity index (χ4n) is 2.74. The van der Waals surface area contributed by atoms with E-state index in [9.17, 15) is 28.1 Å². The normalized spacial score (nSPS) is 12.1. The van der Waals surface area contributed by atoms with E-state index >= 15 is 0 Å². The Balaban J connectivity index is 2.14. The molecule has 0 fully saturated rings. The monoisotopic (exact) mass is 464 g/mol. The first kappa shape index (κ1) is 22.3. The van der Waals surface area contributed by atoms with Gasteiger partial charge >= 0.3 is 5.97 Å². The third-order valence-electron chi connectivity index (χ3n) is 4.25. The number of aromatic nitrogens is 1. The summed E-state index contributed by atoms with van der Waals surface area (Å²) in [6.45, 7) is 0.114. The maximum Gasteiger partial charge on any atom is 0.307 e. The molecule has 2 N–H and O–H groups in total. The number of carbonyl (C=O) groups excluding carboxylic acids is 2. The van der Waals surface area contributed by atoms with E-state index in [1.807, 2.05) is 0 Å². The molecule has 0 radical (unpaired) electrons. The standard InChI is InChI=1S/C18H16N4O7S2/c1-29-16(23)7-8-21-14-6-5-13(31(19,27)28)10-15(14)30-18(21)20-17(24)11-3-2-4-12(9-11)22(25)26/h2-6,9-10H,7-8H2,1H3,(H2,19,27,28). The second kappa shape index (κ2) is 8.75. The Hall–Kier alpha value is -3.42. The SMILES string of the molecule is COC(=O)CCn1c(=NC(=O)c2cccc([N+](=O)[O-])c2)sc2cc(S(N)(=O)=O)ccc21. The Bertz CT molecular complexity index is 1370. The van der Waals surface area contributed by atoms with Gasteiger partial charge in [0, 0.05) is 24.2 Å². The quantitative estimate of drug-likeness (QED) is 0.328. The van der Waals surface area contributed by atoms with Gasteiger partial charge in [-0.25, -0.2) is 13.6 Å². The van der Waals surface area contributed by atoms with Crippen LogP contribution >= 0.6 is 11.3 Å². The highest BCUT2D eigenvalue weighted by atomic mass is 32.2. The molecule has 0 saturated heterocycles. The summed E-state index contributed by atoms with van der Waals surface area (Å²) in [6, 6.07) is 9.28. The zero-order valence-electron chi connectivity index (χ0n) is 16.0. The van der Waals surface area contributed by atoms with E-state index in [0.717, 1.165) is 17.4 Å². The molecule has 31 heavy (non-hydrogen) atoms. The van der Waals surface area contributed by atoms with Crippen LogP contribution in [0.15, 0.2) is 52.4 Å². The molecule has 3 rings (SSSR count). The number of primary sulfonamides is 1. The first-order valence-corrected chi connectivity index (χ1v) is 11.0. The number of rotatable bonds is 6. The van der Waals surface area contributed by atoms with Crippen molar-refractivity contribution < 1.29 is 27.7 Å². The minimum Gasteiger partial charge on any atom is -0.469 e. The maximum absolute atomic E-state index is 12.6. The molecule has 1 aromatic heterocycles. The largest absolute Gasteiger partial charge is 0.469 e. The summed E-state index contributed by atoms with van der Waals surface area (Å²) < 4.78 is 30.0. The van der Waals surface area contributed by atoms with Crippen LogP contribution in [0.3, 0.4) is 0 Å². The van der Waals surface area contributed by atoms with Gasteiger partial charge in [0.15, 0.2) is 4.80 Å². The zero-order chi connectivity index (χ0) is 22.8. The number of sulfonamides is 1. The van der Waals surface area contributed by atoms with Crippen LogP contribution in [0.4, 0.5) is 5.69 Å². The van der Waals surface area contributed by atoms with Crippen molar-refractivity contribution in [3.05, 3.63) is 62.9 Å². The number of benzene rings is 2. The van der Waals surface area contributed by atoms with E-state index in [0.29, 0.717) is 10.2 Å². The van der Waals surface area contributed by atoms with Crippen molar-refractivity contribution in [2.24, 2.45) is 10.1 Å². The Morgan fingerprint density at radius 3 is 2.65 bits per heavy atom. The Morgan fingerprint density at radius 2 is 2.00 bits per heavy atom. The van der Waals surface area contributed by atoms with Crippen LogP contribution < -0.4 is 9.94 Å². The predicted molar refractivity (Wildman–Crippen MR) is 111 cm³/mol. The first-order valence-electron chi connectivity index (χ1n) is 8.66. The molecule has 162 valence electrons. The van der Waals surface area contributed by atoms with Crippen molar-refractivity contribution in [1.29, 1.82) is 0 Å². The summed E-state index contributed by atoms with van der Waals surface area (Å²) in [4.78, 5) is 38.7. The predicted octanol–water partition coefficient (Wildman–Crippen LogP) is 1.56. The molecule has 0 aliphatic carbocycles. The van der Waals surface area contributed by atoms with Crippen LogP contribution in [0.2, 0.25) is 0 Å². The van der Waals surface area contributed by atoms with E-state index in [4.69, 9.17) is 5.14 Å².